The number of aliphatic hydroxyl groups is 1. The molecule has 0 aromatic rings. The highest BCUT2D eigenvalue weighted by Crippen LogP contribution is 1.88. The molecule has 0 aromatic heterocycles. The van der Waals surface area contributed by atoms with Crippen LogP contribution in [0.3, 0.4) is 0 Å². The van der Waals surface area contributed by atoms with E-state index in [-0.39, 0.29) is 19.0 Å². The number of carbonyl (C=O) groups is 1. The van der Waals surface area contributed by atoms with Gasteiger partial charge in [0.25, 0.3) is 0 Å². The van der Waals surface area contributed by atoms with Crippen LogP contribution in [0.4, 0.5) is 4.79 Å². The van der Waals surface area contributed by atoms with Gasteiger partial charge in [-0.1, -0.05) is 0 Å². The van der Waals surface area contributed by atoms with E-state index in [4.69, 9.17) is 16.7 Å². The minimum absolute atomic E-state index is 0. The number of halogens is 1. The van der Waals surface area contributed by atoms with Gasteiger partial charge in [-0.05, 0) is 12.8 Å². The van der Waals surface area contributed by atoms with Crippen LogP contribution in [0.25, 0.3) is 0 Å². The first-order valence-electron chi connectivity index (χ1n) is 3.11. The van der Waals surface area contributed by atoms with Crippen molar-refractivity contribution in [2.75, 3.05) is 13.2 Å². The molecule has 0 aliphatic rings. The molecule has 0 unspecified atom stereocenters. The Balaban J connectivity index is 0. The van der Waals surface area contributed by atoms with Crippen LogP contribution >= 0.6 is 12.4 Å². The van der Waals surface area contributed by atoms with Crippen molar-refractivity contribution in [3.63, 3.8) is 0 Å². The molecule has 5 N–H and O–H groups in total. The number of hydrogen-bond donors (Lipinski definition) is 3. The van der Waals surface area contributed by atoms with Gasteiger partial charge in [0.2, 0.25) is 0 Å². The molecule has 0 heterocycles. The molecule has 0 bridgehead atoms. The second-order valence-corrected chi connectivity index (χ2v) is 1.96. The molecule has 2 amide bonds. The van der Waals surface area contributed by atoms with Gasteiger partial charge in [-0.15, -0.1) is 12.4 Å². The number of nitrogens with zero attached hydrogens (tertiary/aromatic N) is 1. The van der Waals surface area contributed by atoms with E-state index in [2.05, 4.69) is 0 Å². The fourth-order valence-corrected chi connectivity index (χ4v) is 0.504. The number of amides is 2. The normalized spacial score (nSPS) is 8.55. The van der Waals surface area contributed by atoms with Crippen molar-refractivity contribution in [3.8, 4) is 0 Å². The van der Waals surface area contributed by atoms with Crippen molar-refractivity contribution in [1.82, 2.24) is 5.01 Å². The number of hydrazine groups is 1. The lowest BCUT2D eigenvalue weighted by molar-refractivity contribution is 0.204. The minimum Gasteiger partial charge on any atom is -0.396 e. The zero-order valence-electron chi connectivity index (χ0n) is 6.19. The van der Waals surface area contributed by atoms with Gasteiger partial charge in [0.15, 0.2) is 0 Å². The third-order valence-corrected chi connectivity index (χ3v) is 1.09. The lowest BCUT2D eigenvalue weighted by Gasteiger charge is -2.11. The van der Waals surface area contributed by atoms with Crippen LogP contribution in [-0.2, 0) is 0 Å². The molecule has 0 aliphatic carbocycles. The number of hydrogen-bond acceptors (Lipinski definition) is 3. The number of urea groups is 1. The van der Waals surface area contributed by atoms with Gasteiger partial charge in [0.05, 0.1) is 0 Å². The maximum absolute atomic E-state index is 10.3. The number of unbranched alkanes of at least 4 members (excludes halogenated alkanes) is 1. The summed E-state index contributed by atoms with van der Waals surface area (Å²) < 4.78 is 0. The Labute approximate surface area is 71.7 Å². The quantitative estimate of drug-likeness (QED) is 0.236. The number of nitrogens with two attached hydrogens (primary N) is 2. The zero-order chi connectivity index (χ0) is 7.98. The molecule has 0 rings (SSSR count). The molecule has 0 aliphatic heterocycles. The first-order valence-corrected chi connectivity index (χ1v) is 3.11. The SMILES string of the molecule is Cl.NC(=O)N(N)CCCCO. The molecule has 0 spiro atoms. The molecule has 0 saturated carbocycles. The average Bonchev–Trinajstić information content (AvgIpc) is 1.88. The number of rotatable bonds is 4. The minimum atomic E-state index is -0.641. The Morgan fingerprint density at radius 3 is 2.36 bits per heavy atom. The van der Waals surface area contributed by atoms with Gasteiger partial charge in [-0.25, -0.2) is 10.6 Å². The summed E-state index contributed by atoms with van der Waals surface area (Å²) in [5, 5.41) is 9.27. The first kappa shape index (κ1) is 13.1. The average molecular weight is 184 g/mol. The van der Waals surface area contributed by atoms with Crippen molar-refractivity contribution in [2.45, 2.75) is 12.8 Å². The largest absolute Gasteiger partial charge is 0.396 e. The van der Waals surface area contributed by atoms with Crippen molar-refractivity contribution in [3.05, 3.63) is 0 Å². The van der Waals surface area contributed by atoms with E-state index in [1.165, 1.54) is 0 Å². The Kier molecular flexibility index (Phi) is 9.03. The summed E-state index contributed by atoms with van der Waals surface area (Å²) in [6.07, 6.45) is 1.32. The van der Waals surface area contributed by atoms with Gasteiger partial charge < -0.3 is 10.8 Å². The third kappa shape index (κ3) is 7.38. The van der Waals surface area contributed by atoms with Gasteiger partial charge in [0, 0.05) is 13.2 Å². The second-order valence-electron chi connectivity index (χ2n) is 1.96. The van der Waals surface area contributed by atoms with Crippen molar-refractivity contribution < 1.29 is 9.90 Å². The van der Waals surface area contributed by atoms with Crippen LogP contribution < -0.4 is 11.6 Å². The lowest BCUT2D eigenvalue weighted by atomic mass is 10.3. The molecule has 6 heteroatoms. The van der Waals surface area contributed by atoms with Gasteiger partial charge >= 0.3 is 6.03 Å². The molecular weight excluding hydrogens is 170 g/mol. The predicted octanol–water partition coefficient (Wildman–Crippen LogP) is -0.565. The van der Waals surface area contributed by atoms with E-state index in [9.17, 15) is 4.79 Å². The van der Waals surface area contributed by atoms with E-state index in [0.717, 1.165) is 5.01 Å². The summed E-state index contributed by atoms with van der Waals surface area (Å²) in [6, 6.07) is -0.641. The molecule has 0 atom stereocenters. The monoisotopic (exact) mass is 183 g/mol. The van der Waals surface area contributed by atoms with Gasteiger partial charge in [-0.3, -0.25) is 5.01 Å². The maximum Gasteiger partial charge on any atom is 0.328 e. The van der Waals surface area contributed by atoms with Crippen molar-refractivity contribution in [2.24, 2.45) is 11.6 Å². The fraction of sp³-hybridized carbons (Fsp3) is 0.800. The molecule has 0 aromatic carbocycles. The summed E-state index contributed by atoms with van der Waals surface area (Å²) in [5.41, 5.74) is 4.82. The van der Waals surface area contributed by atoms with Crippen molar-refractivity contribution >= 4 is 18.4 Å². The standard InChI is InChI=1S/C5H13N3O2.ClH/c6-5(10)8(7)3-1-2-4-9;/h9H,1-4,7H2,(H2,6,10);1H. The van der Waals surface area contributed by atoms with Crippen LogP contribution in [0.2, 0.25) is 0 Å². The molecular formula is C5H14ClN3O2. The van der Waals surface area contributed by atoms with E-state index in [0.29, 0.717) is 19.4 Å². The number of aliphatic hydroxyl groups excluding tert-OH is 1. The second kappa shape index (κ2) is 7.59. The highest BCUT2D eigenvalue weighted by atomic mass is 35.5. The highest BCUT2D eigenvalue weighted by Gasteiger charge is 2.00. The molecule has 0 saturated heterocycles. The summed E-state index contributed by atoms with van der Waals surface area (Å²) >= 11 is 0. The zero-order valence-corrected chi connectivity index (χ0v) is 7.01. The fourth-order valence-electron chi connectivity index (χ4n) is 0.504. The van der Waals surface area contributed by atoms with E-state index in [1.54, 1.807) is 0 Å². The molecule has 5 nitrogen and oxygen atoms in total. The van der Waals surface area contributed by atoms with Crippen molar-refractivity contribution in [1.29, 1.82) is 0 Å². The molecule has 68 valence electrons. The van der Waals surface area contributed by atoms with E-state index < -0.39 is 6.03 Å². The van der Waals surface area contributed by atoms with Crippen LogP contribution in [0.1, 0.15) is 12.8 Å². The maximum atomic E-state index is 10.3. The Morgan fingerprint density at radius 1 is 1.45 bits per heavy atom. The number of primary amides is 1. The van der Waals surface area contributed by atoms with Crippen LogP contribution in [-0.4, -0.2) is 29.3 Å². The Morgan fingerprint density at radius 2 is 2.00 bits per heavy atom. The third-order valence-electron chi connectivity index (χ3n) is 1.09. The highest BCUT2D eigenvalue weighted by molar-refractivity contribution is 5.85. The van der Waals surface area contributed by atoms with Crippen LogP contribution in [0.5, 0.6) is 0 Å². The molecule has 11 heavy (non-hydrogen) atoms. The van der Waals surface area contributed by atoms with E-state index >= 15 is 0 Å². The lowest BCUT2D eigenvalue weighted by Crippen LogP contribution is -2.41. The molecule has 0 fully saturated rings. The topological polar surface area (TPSA) is 92.6 Å². The van der Waals surface area contributed by atoms with Crippen LogP contribution in [0.15, 0.2) is 0 Å². The summed E-state index contributed by atoms with van der Waals surface area (Å²) in [5.74, 6) is 5.13. The Bertz CT molecular complexity index is 112. The van der Waals surface area contributed by atoms with Crippen LogP contribution in [0, 0.1) is 0 Å². The summed E-state index contributed by atoms with van der Waals surface area (Å²) in [7, 11) is 0. The predicted molar refractivity (Wildman–Crippen MR) is 44.0 cm³/mol. The van der Waals surface area contributed by atoms with Gasteiger partial charge in [0.1, 0.15) is 0 Å². The summed E-state index contributed by atoms with van der Waals surface area (Å²) in [4.78, 5) is 10.3. The summed E-state index contributed by atoms with van der Waals surface area (Å²) in [6.45, 7) is 0.516. The number of carbonyl (C=O) groups excluding carboxylic acids is 1. The molecule has 0 radical (unpaired) electrons. The Hall–Kier alpha value is -0.520. The van der Waals surface area contributed by atoms with Gasteiger partial charge in [-0.2, -0.15) is 0 Å². The smallest absolute Gasteiger partial charge is 0.328 e. The van der Waals surface area contributed by atoms with E-state index in [1.807, 2.05) is 0 Å². The first-order chi connectivity index (χ1) is 4.68.